The van der Waals surface area contributed by atoms with Gasteiger partial charge in [0.05, 0.1) is 17.7 Å². The lowest BCUT2D eigenvalue weighted by Crippen LogP contribution is -2.56. The van der Waals surface area contributed by atoms with Crippen LogP contribution in [0.2, 0.25) is 0 Å². The number of aliphatic hydroxyl groups is 1. The summed E-state index contributed by atoms with van der Waals surface area (Å²) < 4.78 is 5.31. The first kappa shape index (κ1) is 30.1. The summed E-state index contributed by atoms with van der Waals surface area (Å²) in [6.07, 6.45) is 0.547. The number of aromatic carboxylic acids is 1. The Morgan fingerprint density at radius 1 is 1.11 bits per heavy atom. The number of carbonyl (C=O) groups excluding carboxylic acids is 3. The number of carboxylic acids is 1. The SMILES string of the molecule is CCCC(NC(=O)[C@@H]1CCCN1C(=O)[C@@H](NC(=O)OC(C)(C)C)C(C)C)C(O)c1ccc(C(=O)O)cc1. The van der Waals surface area contributed by atoms with Gasteiger partial charge in [0.25, 0.3) is 0 Å². The molecule has 0 radical (unpaired) electrons. The Balaban J connectivity index is 2.14. The Labute approximate surface area is 218 Å². The normalized spacial score (nSPS) is 18.2. The molecule has 0 aromatic heterocycles. The number of nitrogens with one attached hydrogen (secondary N) is 2. The van der Waals surface area contributed by atoms with E-state index in [1.807, 2.05) is 20.8 Å². The fourth-order valence-corrected chi connectivity index (χ4v) is 4.38. The highest BCUT2D eigenvalue weighted by molar-refractivity contribution is 5.92. The zero-order chi connectivity index (χ0) is 27.9. The number of hydrogen-bond acceptors (Lipinski definition) is 6. The van der Waals surface area contributed by atoms with Crippen LogP contribution in [0.4, 0.5) is 4.79 Å². The van der Waals surface area contributed by atoms with Crippen LogP contribution in [0.1, 0.15) is 89.3 Å². The summed E-state index contributed by atoms with van der Waals surface area (Å²) in [7, 11) is 0. The number of likely N-dealkylation sites (tertiary alicyclic amines) is 1. The molecule has 1 aromatic rings. The van der Waals surface area contributed by atoms with Gasteiger partial charge in [-0.1, -0.05) is 39.3 Å². The third-order valence-corrected chi connectivity index (χ3v) is 6.25. The van der Waals surface area contributed by atoms with Crippen LogP contribution in [0.3, 0.4) is 0 Å². The van der Waals surface area contributed by atoms with Crippen molar-refractivity contribution in [2.75, 3.05) is 6.54 Å². The first-order chi connectivity index (χ1) is 17.2. The van der Waals surface area contributed by atoms with Gasteiger partial charge in [0.15, 0.2) is 0 Å². The Hall–Kier alpha value is -3.14. The van der Waals surface area contributed by atoms with Crippen molar-refractivity contribution in [2.45, 2.75) is 97.1 Å². The second-order valence-electron chi connectivity index (χ2n) is 10.8. The van der Waals surface area contributed by atoms with E-state index in [-0.39, 0.29) is 23.3 Å². The second kappa shape index (κ2) is 12.9. The van der Waals surface area contributed by atoms with Crippen molar-refractivity contribution in [3.8, 4) is 0 Å². The highest BCUT2D eigenvalue weighted by Gasteiger charge is 2.40. The molecule has 3 amide bonds. The summed E-state index contributed by atoms with van der Waals surface area (Å²) in [6.45, 7) is 11.2. The van der Waals surface area contributed by atoms with Gasteiger partial charge in [0, 0.05) is 6.54 Å². The number of amides is 3. The van der Waals surface area contributed by atoms with Gasteiger partial charge in [-0.3, -0.25) is 9.59 Å². The Morgan fingerprint density at radius 3 is 2.24 bits per heavy atom. The predicted octanol–water partition coefficient (Wildman–Crippen LogP) is 3.24. The summed E-state index contributed by atoms with van der Waals surface area (Å²) in [5.74, 6) is -2.01. The van der Waals surface area contributed by atoms with Crippen LogP contribution < -0.4 is 10.6 Å². The van der Waals surface area contributed by atoms with Crippen molar-refractivity contribution < 1.29 is 34.1 Å². The van der Waals surface area contributed by atoms with Crippen molar-refractivity contribution >= 4 is 23.9 Å². The maximum absolute atomic E-state index is 13.4. The summed E-state index contributed by atoms with van der Waals surface area (Å²) in [5, 5.41) is 25.6. The molecule has 4 N–H and O–H groups in total. The number of alkyl carbamates (subject to hydrolysis) is 1. The molecule has 1 fully saturated rings. The van der Waals surface area contributed by atoms with Gasteiger partial charge >= 0.3 is 12.1 Å². The van der Waals surface area contributed by atoms with E-state index < -0.39 is 41.9 Å². The number of rotatable bonds is 10. The number of carbonyl (C=O) groups is 4. The molecule has 0 spiro atoms. The summed E-state index contributed by atoms with van der Waals surface area (Å²) in [4.78, 5) is 51.7. The minimum absolute atomic E-state index is 0.104. The van der Waals surface area contributed by atoms with E-state index in [1.165, 1.54) is 29.2 Å². The zero-order valence-corrected chi connectivity index (χ0v) is 22.6. The third kappa shape index (κ3) is 8.45. The van der Waals surface area contributed by atoms with Crippen molar-refractivity contribution in [3.63, 3.8) is 0 Å². The molecule has 1 aliphatic heterocycles. The molecular formula is C27H41N3O7. The van der Waals surface area contributed by atoms with Crippen LogP contribution in [0.15, 0.2) is 24.3 Å². The number of ether oxygens (including phenoxy) is 1. The fourth-order valence-electron chi connectivity index (χ4n) is 4.38. The average Bonchev–Trinajstić information content (AvgIpc) is 3.30. The molecule has 1 aromatic carbocycles. The van der Waals surface area contributed by atoms with Gasteiger partial charge in [0.2, 0.25) is 11.8 Å². The van der Waals surface area contributed by atoms with Gasteiger partial charge in [0.1, 0.15) is 17.7 Å². The lowest BCUT2D eigenvalue weighted by molar-refractivity contribution is -0.141. The van der Waals surface area contributed by atoms with Crippen LogP contribution in [0, 0.1) is 5.92 Å². The van der Waals surface area contributed by atoms with Crippen molar-refractivity contribution in [1.82, 2.24) is 15.5 Å². The summed E-state index contributed by atoms with van der Waals surface area (Å²) in [5.41, 5.74) is -0.121. The van der Waals surface area contributed by atoms with E-state index >= 15 is 0 Å². The number of nitrogens with zero attached hydrogens (tertiary/aromatic N) is 1. The number of aliphatic hydroxyl groups excluding tert-OH is 1. The first-order valence-electron chi connectivity index (χ1n) is 12.9. The molecule has 0 saturated carbocycles. The van der Waals surface area contributed by atoms with E-state index in [0.717, 1.165) is 0 Å². The van der Waals surface area contributed by atoms with E-state index in [4.69, 9.17) is 9.84 Å². The molecule has 1 saturated heterocycles. The Bertz CT molecular complexity index is 956. The van der Waals surface area contributed by atoms with E-state index in [1.54, 1.807) is 20.8 Å². The maximum atomic E-state index is 13.4. The molecule has 4 atom stereocenters. The van der Waals surface area contributed by atoms with Gasteiger partial charge in [-0.05, 0) is 63.6 Å². The van der Waals surface area contributed by atoms with Crippen LogP contribution >= 0.6 is 0 Å². The quantitative estimate of drug-likeness (QED) is 0.371. The van der Waals surface area contributed by atoms with Crippen molar-refractivity contribution in [3.05, 3.63) is 35.4 Å². The fraction of sp³-hybridized carbons (Fsp3) is 0.630. The molecule has 1 heterocycles. The maximum Gasteiger partial charge on any atom is 0.408 e. The molecular weight excluding hydrogens is 478 g/mol. The molecule has 10 heteroatoms. The van der Waals surface area contributed by atoms with Gasteiger partial charge in [-0.25, -0.2) is 9.59 Å². The minimum atomic E-state index is -1.06. The van der Waals surface area contributed by atoms with E-state index in [9.17, 15) is 24.3 Å². The second-order valence-corrected chi connectivity index (χ2v) is 10.8. The Kier molecular flexibility index (Phi) is 10.5. The van der Waals surface area contributed by atoms with Crippen LogP contribution in [-0.2, 0) is 14.3 Å². The van der Waals surface area contributed by atoms with Crippen LogP contribution in [-0.4, -0.2) is 69.3 Å². The molecule has 2 rings (SSSR count). The predicted molar refractivity (Wildman–Crippen MR) is 138 cm³/mol. The van der Waals surface area contributed by atoms with E-state index in [0.29, 0.717) is 37.8 Å². The number of benzene rings is 1. The average molecular weight is 520 g/mol. The lowest BCUT2D eigenvalue weighted by Gasteiger charge is -2.32. The summed E-state index contributed by atoms with van der Waals surface area (Å²) >= 11 is 0. The molecule has 10 nitrogen and oxygen atoms in total. The number of hydrogen-bond donors (Lipinski definition) is 4. The highest BCUT2D eigenvalue weighted by Crippen LogP contribution is 2.24. The molecule has 0 bridgehead atoms. The van der Waals surface area contributed by atoms with Gasteiger partial charge < -0.3 is 30.5 Å². The molecule has 37 heavy (non-hydrogen) atoms. The zero-order valence-electron chi connectivity index (χ0n) is 22.6. The van der Waals surface area contributed by atoms with Crippen LogP contribution in [0.5, 0.6) is 0 Å². The summed E-state index contributed by atoms with van der Waals surface area (Å²) in [6, 6.07) is 3.68. The smallest absolute Gasteiger partial charge is 0.408 e. The van der Waals surface area contributed by atoms with Crippen molar-refractivity contribution in [1.29, 1.82) is 0 Å². The number of carboxylic acid groups (broad SMARTS) is 1. The topological polar surface area (TPSA) is 145 Å². The molecule has 0 aliphatic carbocycles. The van der Waals surface area contributed by atoms with Gasteiger partial charge in [-0.2, -0.15) is 0 Å². The standard InChI is InChI=1S/C27H41N3O7/c1-7-9-19(22(31)17-11-13-18(14-12-17)25(34)35)28-23(32)20-10-8-15-30(20)24(33)21(16(2)3)29-26(36)37-27(4,5)6/h11-14,16,19-22,31H,7-10,15H2,1-6H3,(H,28,32)(H,29,36)(H,34,35)/t19?,20-,21-,22?/m0/s1. The monoisotopic (exact) mass is 519 g/mol. The molecule has 1 aliphatic rings. The van der Waals surface area contributed by atoms with E-state index in [2.05, 4.69) is 10.6 Å². The molecule has 206 valence electrons. The largest absolute Gasteiger partial charge is 0.478 e. The van der Waals surface area contributed by atoms with Crippen LogP contribution in [0.25, 0.3) is 0 Å². The first-order valence-corrected chi connectivity index (χ1v) is 12.9. The third-order valence-electron chi connectivity index (χ3n) is 6.25. The highest BCUT2D eigenvalue weighted by atomic mass is 16.6. The molecule has 2 unspecified atom stereocenters. The Morgan fingerprint density at radius 2 is 1.73 bits per heavy atom. The minimum Gasteiger partial charge on any atom is -0.478 e. The lowest BCUT2D eigenvalue weighted by atomic mass is 9.97. The van der Waals surface area contributed by atoms with Gasteiger partial charge in [-0.15, -0.1) is 0 Å². The van der Waals surface area contributed by atoms with Crippen molar-refractivity contribution in [2.24, 2.45) is 5.92 Å².